The van der Waals surface area contributed by atoms with E-state index in [4.69, 9.17) is 4.74 Å². The predicted octanol–water partition coefficient (Wildman–Crippen LogP) is 4.45. The Morgan fingerprint density at radius 2 is 1.59 bits per heavy atom. The summed E-state index contributed by atoms with van der Waals surface area (Å²) in [6.07, 6.45) is 3.73. The van der Waals surface area contributed by atoms with Gasteiger partial charge in [-0.25, -0.2) is 9.59 Å². The number of unbranched alkanes of at least 4 members (excludes halogenated alkanes) is 1. The predicted molar refractivity (Wildman–Crippen MR) is 128 cm³/mol. The number of aliphatic carboxylic acids is 1. The van der Waals surface area contributed by atoms with Gasteiger partial charge in [0.2, 0.25) is 5.91 Å². The van der Waals surface area contributed by atoms with Crippen molar-refractivity contribution in [2.45, 2.75) is 63.5 Å². The normalized spacial score (nSPS) is 16.1. The fourth-order valence-electron chi connectivity index (χ4n) is 4.64. The van der Waals surface area contributed by atoms with Crippen LogP contribution in [-0.2, 0) is 14.3 Å². The summed E-state index contributed by atoms with van der Waals surface area (Å²) in [6.45, 7) is 2.13. The highest BCUT2D eigenvalue weighted by atomic mass is 16.5. The summed E-state index contributed by atoms with van der Waals surface area (Å²) < 4.78 is 5.59. The number of fused-ring (bicyclic) bond motifs is 3. The number of carboxylic acids is 1. The molecule has 0 unspecified atom stereocenters. The van der Waals surface area contributed by atoms with Gasteiger partial charge in [0.25, 0.3) is 0 Å². The average molecular weight is 465 g/mol. The number of nitrogens with one attached hydrogen (secondary N) is 2. The van der Waals surface area contributed by atoms with Crippen LogP contribution < -0.4 is 10.6 Å². The van der Waals surface area contributed by atoms with Gasteiger partial charge in [0.05, 0.1) is 0 Å². The van der Waals surface area contributed by atoms with Crippen LogP contribution >= 0.6 is 0 Å². The van der Waals surface area contributed by atoms with Crippen LogP contribution in [-0.4, -0.2) is 41.8 Å². The Balaban J connectivity index is 1.39. The first-order valence-corrected chi connectivity index (χ1v) is 12.1. The highest BCUT2D eigenvalue weighted by Crippen LogP contribution is 2.44. The van der Waals surface area contributed by atoms with Crippen LogP contribution in [0.25, 0.3) is 11.1 Å². The molecule has 34 heavy (non-hydrogen) atoms. The SMILES string of the molecule is CCCC[C@H](NC(=O)[C@H](CC1CC1)NC(=O)OCC1c2ccccc2-c2ccccc21)C(=O)O. The van der Waals surface area contributed by atoms with Gasteiger partial charge in [0, 0.05) is 5.92 Å². The van der Waals surface area contributed by atoms with Crippen LogP contribution in [0.2, 0.25) is 0 Å². The molecule has 1 fully saturated rings. The van der Waals surface area contributed by atoms with E-state index in [0.29, 0.717) is 25.2 Å². The Morgan fingerprint density at radius 1 is 0.971 bits per heavy atom. The Bertz CT molecular complexity index is 1000. The first-order valence-electron chi connectivity index (χ1n) is 12.1. The van der Waals surface area contributed by atoms with Crippen molar-refractivity contribution in [2.24, 2.45) is 5.92 Å². The molecule has 2 aromatic rings. The molecule has 2 amide bonds. The molecule has 3 N–H and O–H groups in total. The van der Waals surface area contributed by atoms with E-state index >= 15 is 0 Å². The summed E-state index contributed by atoms with van der Waals surface area (Å²) >= 11 is 0. The number of rotatable bonds is 11. The molecule has 2 aliphatic carbocycles. The van der Waals surface area contributed by atoms with Crippen LogP contribution in [0.5, 0.6) is 0 Å². The number of benzene rings is 2. The van der Waals surface area contributed by atoms with Gasteiger partial charge in [-0.05, 0) is 41.0 Å². The number of amides is 2. The summed E-state index contributed by atoms with van der Waals surface area (Å²) in [7, 11) is 0. The fourth-order valence-corrected chi connectivity index (χ4v) is 4.64. The molecule has 2 aliphatic rings. The molecule has 1 saturated carbocycles. The van der Waals surface area contributed by atoms with E-state index < -0.39 is 30.1 Å². The van der Waals surface area contributed by atoms with Crippen molar-refractivity contribution in [3.8, 4) is 11.1 Å². The van der Waals surface area contributed by atoms with Crippen molar-refractivity contribution in [1.82, 2.24) is 10.6 Å². The number of carbonyl (C=O) groups is 3. The highest BCUT2D eigenvalue weighted by molar-refractivity contribution is 5.89. The Hall–Kier alpha value is -3.35. The number of ether oxygens (including phenoxy) is 1. The third-order valence-corrected chi connectivity index (χ3v) is 6.68. The van der Waals surface area contributed by atoms with E-state index in [1.807, 2.05) is 43.3 Å². The molecule has 4 rings (SSSR count). The third-order valence-electron chi connectivity index (χ3n) is 6.68. The molecule has 180 valence electrons. The van der Waals surface area contributed by atoms with Gasteiger partial charge >= 0.3 is 12.1 Å². The van der Waals surface area contributed by atoms with E-state index in [2.05, 4.69) is 22.8 Å². The average Bonchev–Trinajstić information content (AvgIpc) is 3.60. The second kappa shape index (κ2) is 10.7. The molecule has 7 heteroatoms. The molecule has 2 aromatic carbocycles. The number of carboxylic acid groups (broad SMARTS) is 1. The summed E-state index contributed by atoms with van der Waals surface area (Å²) in [6, 6.07) is 14.4. The van der Waals surface area contributed by atoms with Gasteiger partial charge in [0.15, 0.2) is 0 Å². The monoisotopic (exact) mass is 464 g/mol. The van der Waals surface area contributed by atoms with E-state index in [9.17, 15) is 19.5 Å². The molecule has 0 heterocycles. The summed E-state index contributed by atoms with van der Waals surface area (Å²) in [5, 5.41) is 14.7. The molecule has 0 spiro atoms. The second-order valence-electron chi connectivity index (χ2n) is 9.24. The van der Waals surface area contributed by atoms with E-state index in [1.54, 1.807) is 0 Å². The number of hydrogen-bond donors (Lipinski definition) is 3. The maximum Gasteiger partial charge on any atom is 0.407 e. The fraction of sp³-hybridized carbons (Fsp3) is 0.444. The molecular weight excluding hydrogens is 432 g/mol. The quantitative estimate of drug-likeness (QED) is 0.456. The topological polar surface area (TPSA) is 105 Å². The van der Waals surface area contributed by atoms with Crippen molar-refractivity contribution < 1.29 is 24.2 Å². The first-order chi connectivity index (χ1) is 16.5. The van der Waals surface area contributed by atoms with Gasteiger partial charge in [0.1, 0.15) is 18.7 Å². The Labute approximate surface area is 199 Å². The minimum absolute atomic E-state index is 0.0701. The van der Waals surface area contributed by atoms with E-state index in [0.717, 1.165) is 41.5 Å². The van der Waals surface area contributed by atoms with E-state index in [1.165, 1.54) is 0 Å². The molecule has 0 radical (unpaired) electrons. The molecule has 7 nitrogen and oxygen atoms in total. The molecule has 0 bridgehead atoms. The van der Waals surface area contributed by atoms with Crippen molar-refractivity contribution in [3.63, 3.8) is 0 Å². The maximum absolute atomic E-state index is 12.9. The minimum Gasteiger partial charge on any atom is -0.480 e. The van der Waals surface area contributed by atoms with E-state index in [-0.39, 0.29) is 12.5 Å². The van der Waals surface area contributed by atoms with Crippen LogP contribution in [0.3, 0.4) is 0 Å². The zero-order valence-electron chi connectivity index (χ0n) is 19.5. The third kappa shape index (κ3) is 5.58. The lowest BCUT2D eigenvalue weighted by molar-refractivity contribution is -0.142. The smallest absolute Gasteiger partial charge is 0.407 e. The maximum atomic E-state index is 12.9. The molecular formula is C27H32N2O5. The second-order valence-corrected chi connectivity index (χ2v) is 9.24. The number of carbonyl (C=O) groups excluding carboxylic acids is 2. The van der Waals surface area contributed by atoms with Crippen molar-refractivity contribution >= 4 is 18.0 Å². The van der Waals surface area contributed by atoms with Crippen LogP contribution in [0.4, 0.5) is 4.79 Å². The summed E-state index contributed by atoms with van der Waals surface area (Å²) in [5.74, 6) is -1.24. The first kappa shape index (κ1) is 23.8. The van der Waals surface area contributed by atoms with Gasteiger partial charge in [-0.3, -0.25) is 4.79 Å². The summed E-state index contributed by atoms with van der Waals surface area (Å²) in [4.78, 5) is 37.1. The van der Waals surface area contributed by atoms with Gasteiger partial charge < -0.3 is 20.5 Å². The molecule has 0 aromatic heterocycles. The molecule has 0 aliphatic heterocycles. The number of hydrogen-bond acceptors (Lipinski definition) is 4. The van der Waals surface area contributed by atoms with Crippen molar-refractivity contribution in [3.05, 3.63) is 59.7 Å². The van der Waals surface area contributed by atoms with Gasteiger partial charge in [-0.15, -0.1) is 0 Å². The van der Waals surface area contributed by atoms with Gasteiger partial charge in [-0.2, -0.15) is 0 Å². The molecule has 2 atom stereocenters. The lowest BCUT2D eigenvalue weighted by Crippen LogP contribution is -2.52. The van der Waals surface area contributed by atoms with Crippen LogP contribution in [0.1, 0.15) is 62.5 Å². The van der Waals surface area contributed by atoms with Gasteiger partial charge in [-0.1, -0.05) is 81.1 Å². The zero-order valence-corrected chi connectivity index (χ0v) is 19.5. The van der Waals surface area contributed by atoms with Crippen LogP contribution in [0.15, 0.2) is 48.5 Å². The number of alkyl carbamates (subject to hydrolysis) is 1. The highest BCUT2D eigenvalue weighted by Gasteiger charge is 2.33. The Morgan fingerprint density at radius 3 is 2.15 bits per heavy atom. The van der Waals surface area contributed by atoms with Crippen molar-refractivity contribution in [1.29, 1.82) is 0 Å². The van der Waals surface area contributed by atoms with Crippen molar-refractivity contribution in [2.75, 3.05) is 6.61 Å². The minimum atomic E-state index is -1.06. The largest absolute Gasteiger partial charge is 0.480 e. The lowest BCUT2D eigenvalue weighted by Gasteiger charge is -2.22. The van der Waals surface area contributed by atoms with Crippen LogP contribution in [0, 0.1) is 5.92 Å². The Kier molecular flexibility index (Phi) is 7.50. The lowest BCUT2D eigenvalue weighted by atomic mass is 9.98. The summed E-state index contributed by atoms with van der Waals surface area (Å²) in [5.41, 5.74) is 4.52. The zero-order chi connectivity index (χ0) is 24.1. The standard InChI is InChI=1S/C27H32N2O5/c1-2-3-12-23(26(31)32)28-25(30)24(15-17-13-14-17)29-27(33)34-16-22-20-10-6-4-8-18(20)19-9-5-7-11-21(19)22/h4-11,17,22-24H,2-3,12-16H2,1H3,(H,28,30)(H,29,33)(H,31,32)/t23-,24-/m0/s1. The molecule has 0 saturated heterocycles.